The number of hydrogen-bond donors (Lipinski definition) is 2. The van der Waals surface area contributed by atoms with Crippen LogP contribution >= 0.6 is 11.6 Å². The molecule has 8 nitrogen and oxygen atoms in total. The van der Waals surface area contributed by atoms with Crippen molar-refractivity contribution in [3.05, 3.63) is 76.8 Å². The minimum Gasteiger partial charge on any atom is -0.495 e. The average molecular weight is 511 g/mol. The van der Waals surface area contributed by atoms with Crippen LogP contribution in [0.1, 0.15) is 24.0 Å². The van der Waals surface area contributed by atoms with Gasteiger partial charge in [0, 0.05) is 17.1 Å². The van der Waals surface area contributed by atoms with Gasteiger partial charge >= 0.3 is 5.97 Å². The molecule has 3 aromatic carbocycles. The first kappa shape index (κ1) is 26.6. The first-order valence-electron chi connectivity index (χ1n) is 11.2. The minimum absolute atomic E-state index is 0.0939. The van der Waals surface area contributed by atoms with Gasteiger partial charge in [0.1, 0.15) is 17.2 Å². The lowest BCUT2D eigenvalue weighted by molar-refractivity contribution is -0.147. The fraction of sp³-hybridized carbons (Fsp3) is 0.222. The maximum absolute atomic E-state index is 12.2. The molecule has 0 atom stereocenters. The standard InChI is InChI=1S/C27H27ClN2O6/c1-17-12-18(2)14-22(13-17)36-21-7-5-20(6-8-21)29-25(31)10-11-27(33)35-16-26(32)30-23-15-19(28)4-9-24(23)34-3/h4-9,12-15H,10-11,16H2,1-3H3,(H,29,31)(H,30,32). The predicted molar refractivity (Wildman–Crippen MR) is 138 cm³/mol. The van der Waals surface area contributed by atoms with Crippen LogP contribution in [-0.2, 0) is 19.1 Å². The Labute approximate surface area is 214 Å². The van der Waals surface area contributed by atoms with E-state index in [0.29, 0.717) is 27.9 Å². The zero-order valence-electron chi connectivity index (χ0n) is 20.2. The summed E-state index contributed by atoms with van der Waals surface area (Å²) in [5.74, 6) is 0.203. The molecule has 36 heavy (non-hydrogen) atoms. The third-order valence-corrected chi connectivity index (χ3v) is 5.16. The summed E-state index contributed by atoms with van der Waals surface area (Å²) >= 11 is 5.93. The SMILES string of the molecule is COc1ccc(Cl)cc1NC(=O)COC(=O)CCC(=O)Nc1ccc(Oc2cc(C)cc(C)c2)cc1. The molecule has 3 rings (SSSR count). The molecule has 0 spiro atoms. The van der Waals surface area contributed by atoms with Crippen molar-refractivity contribution in [3.8, 4) is 17.2 Å². The van der Waals surface area contributed by atoms with Crippen molar-refractivity contribution in [2.24, 2.45) is 0 Å². The van der Waals surface area contributed by atoms with Gasteiger partial charge in [-0.05, 0) is 79.6 Å². The Morgan fingerprint density at radius 2 is 1.50 bits per heavy atom. The number of benzene rings is 3. The summed E-state index contributed by atoms with van der Waals surface area (Å²) < 4.78 is 16.0. The summed E-state index contributed by atoms with van der Waals surface area (Å²) in [7, 11) is 1.46. The molecule has 0 unspecified atom stereocenters. The van der Waals surface area contributed by atoms with Gasteiger partial charge in [-0.3, -0.25) is 14.4 Å². The fourth-order valence-electron chi connectivity index (χ4n) is 3.36. The Kier molecular flexibility index (Phi) is 9.30. The molecule has 2 N–H and O–H groups in total. The fourth-order valence-corrected chi connectivity index (χ4v) is 3.53. The maximum atomic E-state index is 12.2. The number of aryl methyl sites for hydroxylation is 2. The van der Waals surface area contributed by atoms with Crippen LogP contribution in [0.5, 0.6) is 17.2 Å². The Morgan fingerprint density at radius 3 is 2.17 bits per heavy atom. The van der Waals surface area contributed by atoms with Crippen LogP contribution in [0.2, 0.25) is 5.02 Å². The van der Waals surface area contributed by atoms with E-state index >= 15 is 0 Å². The molecule has 0 saturated carbocycles. The van der Waals surface area contributed by atoms with Crippen LogP contribution in [0.25, 0.3) is 0 Å². The van der Waals surface area contributed by atoms with Gasteiger partial charge in [-0.1, -0.05) is 17.7 Å². The summed E-state index contributed by atoms with van der Waals surface area (Å²) in [5, 5.41) is 5.69. The van der Waals surface area contributed by atoms with Gasteiger partial charge in [-0.25, -0.2) is 0 Å². The molecule has 0 aliphatic heterocycles. The highest BCUT2D eigenvalue weighted by atomic mass is 35.5. The Morgan fingerprint density at radius 1 is 0.806 bits per heavy atom. The normalized spacial score (nSPS) is 10.3. The van der Waals surface area contributed by atoms with Crippen LogP contribution < -0.4 is 20.1 Å². The predicted octanol–water partition coefficient (Wildman–Crippen LogP) is 5.66. The molecule has 0 radical (unpaired) electrons. The van der Waals surface area contributed by atoms with Crippen molar-refractivity contribution in [3.63, 3.8) is 0 Å². The average Bonchev–Trinajstić information content (AvgIpc) is 2.82. The Bertz CT molecular complexity index is 1220. The number of methoxy groups -OCH3 is 1. The van der Waals surface area contributed by atoms with Gasteiger partial charge in [0.2, 0.25) is 5.91 Å². The summed E-state index contributed by atoms with van der Waals surface area (Å²) in [6.07, 6.45) is -0.267. The third-order valence-electron chi connectivity index (χ3n) is 4.93. The number of amides is 2. The first-order chi connectivity index (χ1) is 17.2. The van der Waals surface area contributed by atoms with E-state index in [1.54, 1.807) is 36.4 Å². The molecule has 3 aromatic rings. The molecule has 0 saturated heterocycles. The number of ether oxygens (including phenoxy) is 3. The van der Waals surface area contributed by atoms with E-state index in [0.717, 1.165) is 16.9 Å². The number of carbonyl (C=O) groups is 3. The minimum atomic E-state index is -0.671. The molecule has 0 bridgehead atoms. The molecule has 0 aliphatic rings. The lowest BCUT2D eigenvalue weighted by Gasteiger charge is -2.11. The monoisotopic (exact) mass is 510 g/mol. The molecule has 188 valence electrons. The van der Waals surface area contributed by atoms with E-state index in [-0.39, 0.29) is 18.7 Å². The van der Waals surface area contributed by atoms with E-state index in [4.69, 9.17) is 25.8 Å². The number of halogens is 1. The molecule has 0 heterocycles. The quantitative estimate of drug-likeness (QED) is 0.341. The lowest BCUT2D eigenvalue weighted by atomic mass is 10.1. The summed E-state index contributed by atoms with van der Waals surface area (Å²) in [6, 6.07) is 17.6. The highest BCUT2D eigenvalue weighted by Crippen LogP contribution is 2.28. The summed E-state index contributed by atoms with van der Waals surface area (Å²) in [5.41, 5.74) is 3.13. The van der Waals surface area contributed by atoms with Gasteiger partial charge in [0.15, 0.2) is 6.61 Å². The summed E-state index contributed by atoms with van der Waals surface area (Å²) in [4.78, 5) is 36.2. The van der Waals surface area contributed by atoms with E-state index < -0.39 is 18.5 Å². The van der Waals surface area contributed by atoms with Crippen molar-refractivity contribution < 1.29 is 28.6 Å². The molecular weight excluding hydrogens is 484 g/mol. The number of esters is 1. The van der Waals surface area contributed by atoms with Gasteiger partial charge in [-0.15, -0.1) is 0 Å². The van der Waals surface area contributed by atoms with Crippen molar-refractivity contribution in [2.75, 3.05) is 24.4 Å². The van der Waals surface area contributed by atoms with Crippen molar-refractivity contribution in [2.45, 2.75) is 26.7 Å². The van der Waals surface area contributed by atoms with Gasteiger partial charge in [-0.2, -0.15) is 0 Å². The second kappa shape index (κ2) is 12.6. The van der Waals surface area contributed by atoms with Crippen LogP contribution in [0.3, 0.4) is 0 Å². The van der Waals surface area contributed by atoms with Gasteiger partial charge in [0.25, 0.3) is 5.91 Å². The molecule has 0 aliphatic carbocycles. The second-order valence-corrected chi connectivity index (χ2v) is 8.49. The molecular formula is C27H27ClN2O6. The van der Waals surface area contributed by atoms with E-state index in [9.17, 15) is 14.4 Å². The highest BCUT2D eigenvalue weighted by Gasteiger charge is 2.13. The van der Waals surface area contributed by atoms with E-state index in [1.807, 2.05) is 26.0 Å². The molecule has 0 aromatic heterocycles. The number of carbonyl (C=O) groups excluding carboxylic acids is 3. The number of anilines is 2. The second-order valence-electron chi connectivity index (χ2n) is 8.05. The van der Waals surface area contributed by atoms with Crippen LogP contribution in [-0.4, -0.2) is 31.5 Å². The molecule has 0 fully saturated rings. The van der Waals surface area contributed by atoms with Crippen molar-refractivity contribution in [1.82, 2.24) is 0 Å². The molecule has 9 heteroatoms. The highest BCUT2D eigenvalue weighted by molar-refractivity contribution is 6.31. The van der Waals surface area contributed by atoms with Crippen LogP contribution in [0, 0.1) is 13.8 Å². The lowest BCUT2D eigenvalue weighted by Crippen LogP contribution is -2.22. The van der Waals surface area contributed by atoms with Gasteiger partial charge in [0.05, 0.1) is 19.2 Å². The van der Waals surface area contributed by atoms with Crippen molar-refractivity contribution >= 4 is 40.8 Å². The Balaban J connectivity index is 1.40. The zero-order chi connectivity index (χ0) is 26.1. The van der Waals surface area contributed by atoms with E-state index in [1.165, 1.54) is 13.2 Å². The Hall–Kier alpha value is -4.04. The van der Waals surface area contributed by atoms with Crippen LogP contribution in [0.4, 0.5) is 11.4 Å². The van der Waals surface area contributed by atoms with Crippen LogP contribution in [0.15, 0.2) is 60.7 Å². The number of nitrogens with one attached hydrogen (secondary N) is 2. The largest absolute Gasteiger partial charge is 0.495 e. The molecule has 2 amide bonds. The third kappa shape index (κ3) is 8.32. The first-order valence-corrected chi connectivity index (χ1v) is 11.5. The van der Waals surface area contributed by atoms with E-state index in [2.05, 4.69) is 16.7 Å². The maximum Gasteiger partial charge on any atom is 0.306 e. The zero-order valence-corrected chi connectivity index (χ0v) is 21.0. The summed E-state index contributed by atoms with van der Waals surface area (Å²) in [6.45, 7) is 3.50. The number of hydrogen-bond acceptors (Lipinski definition) is 6. The topological polar surface area (TPSA) is 103 Å². The smallest absolute Gasteiger partial charge is 0.306 e. The van der Waals surface area contributed by atoms with Gasteiger partial charge < -0.3 is 24.8 Å². The number of rotatable bonds is 10. The van der Waals surface area contributed by atoms with Crippen molar-refractivity contribution in [1.29, 1.82) is 0 Å².